The number of anilines is 2. The molecule has 104 valence electrons. The van der Waals surface area contributed by atoms with Crippen molar-refractivity contribution in [1.29, 1.82) is 0 Å². The van der Waals surface area contributed by atoms with Gasteiger partial charge in [0.15, 0.2) is 0 Å². The van der Waals surface area contributed by atoms with Crippen molar-refractivity contribution in [2.45, 2.75) is 0 Å². The number of benzene rings is 2. The Balaban J connectivity index is 2.54. The first-order valence-corrected chi connectivity index (χ1v) is 5.87. The standard InChI is InChI=1S/C15H10N2O4/c1-2-10-5-3-6-11(9-10)16-14-12(15(18)19)7-4-8-13(14)17(20)21/h1,3-9,16H,(H,18,19). The van der Waals surface area contributed by atoms with Crippen LogP contribution < -0.4 is 5.32 Å². The molecule has 2 rings (SSSR count). The Morgan fingerprint density at radius 2 is 2.00 bits per heavy atom. The van der Waals surface area contributed by atoms with Crippen LogP contribution in [0.15, 0.2) is 42.5 Å². The molecule has 0 saturated heterocycles. The number of carboxylic acids is 1. The largest absolute Gasteiger partial charge is 0.478 e. The highest BCUT2D eigenvalue weighted by molar-refractivity contribution is 5.98. The highest BCUT2D eigenvalue weighted by atomic mass is 16.6. The fourth-order valence-electron chi connectivity index (χ4n) is 1.83. The van der Waals surface area contributed by atoms with E-state index in [1.165, 1.54) is 18.2 Å². The van der Waals surface area contributed by atoms with E-state index in [1.54, 1.807) is 24.3 Å². The second-order valence-corrected chi connectivity index (χ2v) is 4.11. The Bertz CT molecular complexity index is 730. The number of hydrogen-bond donors (Lipinski definition) is 2. The van der Waals surface area contributed by atoms with Gasteiger partial charge >= 0.3 is 5.97 Å². The second-order valence-electron chi connectivity index (χ2n) is 4.11. The van der Waals surface area contributed by atoms with Crippen molar-refractivity contribution in [3.63, 3.8) is 0 Å². The first-order chi connectivity index (χ1) is 10.0. The second kappa shape index (κ2) is 5.75. The Morgan fingerprint density at radius 1 is 1.29 bits per heavy atom. The van der Waals surface area contributed by atoms with Crippen LogP contribution in [0.5, 0.6) is 0 Å². The number of nitrogens with zero attached hydrogens (tertiary/aromatic N) is 1. The quantitative estimate of drug-likeness (QED) is 0.511. The molecular formula is C15H10N2O4. The average Bonchev–Trinajstić information content (AvgIpc) is 2.47. The monoisotopic (exact) mass is 282 g/mol. The van der Waals surface area contributed by atoms with Gasteiger partial charge in [-0.15, -0.1) is 6.42 Å². The summed E-state index contributed by atoms with van der Waals surface area (Å²) in [5.74, 6) is 1.18. The van der Waals surface area contributed by atoms with Crippen LogP contribution in [0, 0.1) is 22.5 Å². The lowest BCUT2D eigenvalue weighted by atomic mass is 10.1. The van der Waals surface area contributed by atoms with Gasteiger partial charge in [-0.25, -0.2) is 4.79 Å². The lowest BCUT2D eigenvalue weighted by Gasteiger charge is -2.10. The first kappa shape index (κ1) is 14.1. The number of hydrogen-bond acceptors (Lipinski definition) is 4. The van der Waals surface area contributed by atoms with Gasteiger partial charge in [0.1, 0.15) is 5.69 Å². The molecule has 21 heavy (non-hydrogen) atoms. The number of para-hydroxylation sites is 1. The van der Waals surface area contributed by atoms with Crippen LogP contribution in [0.25, 0.3) is 0 Å². The summed E-state index contributed by atoms with van der Waals surface area (Å²) >= 11 is 0. The van der Waals surface area contributed by atoms with Crippen molar-refractivity contribution in [3.05, 3.63) is 63.7 Å². The Labute approximate surface area is 120 Å². The van der Waals surface area contributed by atoms with E-state index in [2.05, 4.69) is 11.2 Å². The first-order valence-electron chi connectivity index (χ1n) is 5.87. The molecule has 6 nitrogen and oxygen atoms in total. The van der Waals surface area contributed by atoms with Crippen LogP contribution >= 0.6 is 0 Å². The minimum atomic E-state index is -1.26. The van der Waals surface area contributed by atoms with E-state index in [0.717, 1.165) is 0 Å². The Hall–Kier alpha value is -3.33. The van der Waals surface area contributed by atoms with Crippen molar-refractivity contribution in [3.8, 4) is 12.3 Å². The number of carbonyl (C=O) groups is 1. The van der Waals surface area contributed by atoms with Crippen LogP contribution in [0.1, 0.15) is 15.9 Å². The third-order valence-corrected chi connectivity index (χ3v) is 2.77. The summed E-state index contributed by atoms with van der Waals surface area (Å²) in [6, 6.07) is 10.5. The number of nitro benzene ring substituents is 1. The molecule has 0 unspecified atom stereocenters. The molecule has 2 N–H and O–H groups in total. The molecule has 0 fully saturated rings. The number of terminal acetylenes is 1. The lowest BCUT2D eigenvalue weighted by Crippen LogP contribution is -2.05. The molecule has 0 amide bonds. The molecule has 0 aromatic heterocycles. The molecule has 0 aliphatic heterocycles. The van der Waals surface area contributed by atoms with Gasteiger partial charge in [-0.1, -0.05) is 18.1 Å². The summed E-state index contributed by atoms with van der Waals surface area (Å²) in [6.07, 6.45) is 5.29. The maximum Gasteiger partial charge on any atom is 0.338 e. The Kier molecular flexibility index (Phi) is 3.86. The van der Waals surface area contributed by atoms with Crippen LogP contribution in [0.3, 0.4) is 0 Å². The molecule has 2 aromatic rings. The molecule has 6 heteroatoms. The van der Waals surface area contributed by atoms with Gasteiger partial charge in [0.05, 0.1) is 10.5 Å². The van der Waals surface area contributed by atoms with Crippen molar-refractivity contribution >= 4 is 23.0 Å². The summed E-state index contributed by atoms with van der Waals surface area (Å²) in [5, 5.41) is 23.0. The van der Waals surface area contributed by atoms with Gasteiger partial charge in [-0.3, -0.25) is 10.1 Å². The van der Waals surface area contributed by atoms with Gasteiger partial charge in [0, 0.05) is 17.3 Å². The number of aromatic carboxylic acids is 1. The van der Waals surface area contributed by atoms with Gasteiger partial charge in [-0.05, 0) is 24.3 Å². The van der Waals surface area contributed by atoms with Gasteiger partial charge in [0.2, 0.25) is 0 Å². The van der Waals surface area contributed by atoms with E-state index in [-0.39, 0.29) is 16.9 Å². The zero-order valence-electron chi connectivity index (χ0n) is 10.7. The maximum absolute atomic E-state index is 11.2. The summed E-state index contributed by atoms with van der Waals surface area (Å²) < 4.78 is 0. The van der Waals surface area contributed by atoms with Crippen LogP contribution in [-0.2, 0) is 0 Å². The molecule has 0 heterocycles. The van der Waals surface area contributed by atoms with E-state index in [1.807, 2.05) is 0 Å². The van der Waals surface area contributed by atoms with E-state index in [4.69, 9.17) is 11.5 Å². The SMILES string of the molecule is C#Cc1cccc(Nc2c(C(=O)O)cccc2[N+](=O)[O-])c1. The van der Waals surface area contributed by atoms with Gasteiger partial charge < -0.3 is 10.4 Å². The minimum absolute atomic E-state index is 0.0795. The summed E-state index contributed by atoms with van der Waals surface area (Å²) in [6.45, 7) is 0. The molecule has 0 aliphatic rings. The zero-order valence-corrected chi connectivity index (χ0v) is 10.7. The van der Waals surface area contributed by atoms with Crippen molar-refractivity contribution in [1.82, 2.24) is 0 Å². The summed E-state index contributed by atoms with van der Waals surface area (Å²) in [4.78, 5) is 21.6. The number of carboxylic acid groups (broad SMARTS) is 1. The molecule has 0 bridgehead atoms. The predicted molar refractivity (Wildman–Crippen MR) is 77.7 cm³/mol. The fraction of sp³-hybridized carbons (Fsp3) is 0. The third kappa shape index (κ3) is 2.98. The fourth-order valence-corrected chi connectivity index (χ4v) is 1.83. The Morgan fingerprint density at radius 3 is 2.62 bits per heavy atom. The van der Waals surface area contributed by atoms with Crippen LogP contribution in [0.2, 0.25) is 0 Å². The summed E-state index contributed by atoms with van der Waals surface area (Å²) in [5.41, 5.74) is 0.471. The topological polar surface area (TPSA) is 92.5 Å². The van der Waals surface area contributed by atoms with Crippen LogP contribution in [-0.4, -0.2) is 16.0 Å². The minimum Gasteiger partial charge on any atom is -0.478 e. The molecule has 0 aliphatic carbocycles. The third-order valence-electron chi connectivity index (χ3n) is 2.77. The lowest BCUT2D eigenvalue weighted by molar-refractivity contribution is -0.383. The number of nitrogens with one attached hydrogen (secondary N) is 1. The van der Waals surface area contributed by atoms with Gasteiger partial charge in [0.25, 0.3) is 5.69 Å². The molecule has 0 spiro atoms. The smallest absolute Gasteiger partial charge is 0.338 e. The normalized spacial score (nSPS) is 9.67. The van der Waals surface area contributed by atoms with Crippen molar-refractivity contribution in [2.75, 3.05) is 5.32 Å². The number of nitro groups is 1. The highest BCUT2D eigenvalue weighted by Gasteiger charge is 2.21. The maximum atomic E-state index is 11.2. The van der Waals surface area contributed by atoms with Gasteiger partial charge in [-0.2, -0.15) is 0 Å². The highest BCUT2D eigenvalue weighted by Crippen LogP contribution is 2.31. The molecule has 0 radical (unpaired) electrons. The summed E-state index contributed by atoms with van der Waals surface area (Å²) in [7, 11) is 0. The zero-order chi connectivity index (χ0) is 15.4. The van der Waals surface area contributed by atoms with E-state index >= 15 is 0 Å². The molecular weight excluding hydrogens is 272 g/mol. The van der Waals surface area contributed by atoms with Crippen molar-refractivity contribution in [2.24, 2.45) is 0 Å². The molecule has 2 aromatic carbocycles. The average molecular weight is 282 g/mol. The molecule has 0 atom stereocenters. The van der Waals surface area contributed by atoms with E-state index in [9.17, 15) is 14.9 Å². The molecule has 0 saturated carbocycles. The van der Waals surface area contributed by atoms with Crippen molar-refractivity contribution < 1.29 is 14.8 Å². The van der Waals surface area contributed by atoms with E-state index < -0.39 is 10.9 Å². The van der Waals surface area contributed by atoms with E-state index in [0.29, 0.717) is 11.3 Å². The van der Waals surface area contributed by atoms with Crippen LogP contribution in [0.4, 0.5) is 17.1 Å². The number of rotatable bonds is 4. The predicted octanol–water partition coefficient (Wildman–Crippen LogP) is 3.02.